The van der Waals surface area contributed by atoms with Crippen LogP contribution in [0.15, 0.2) is 60.7 Å². The minimum atomic E-state index is -0.409. The summed E-state index contributed by atoms with van der Waals surface area (Å²) < 4.78 is 20.3. The summed E-state index contributed by atoms with van der Waals surface area (Å²) in [6, 6.07) is 19.7. The number of aryl methyl sites for hydroxylation is 4. The lowest BCUT2D eigenvalue weighted by Crippen LogP contribution is -2.05. The van der Waals surface area contributed by atoms with Crippen molar-refractivity contribution in [1.82, 2.24) is 0 Å². The fourth-order valence-corrected chi connectivity index (χ4v) is 3.86. The van der Waals surface area contributed by atoms with E-state index in [1.165, 1.54) is 25.3 Å². The van der Waals surface area contributed by atoms with Crippen LogP contribution in [0.5, 0.6) is 11.5 Å². The number of rotatable bonds is 10. The maximum absolute atomic E-state index is 11.9. The Morgan fingerprint density at radius 1 is 0.559 bits per heavy atom. The van der Waals surface area contributed by atoms with Gasteiger partial charge in [-0.25, -0.2) is 9.59 Å². The van der Waals surface area contributed by atoms with Gasteiger partial charge in [-0.1, -0.05) is 36.4 Å². The molecule has 0 spiro atoms. The second-order valence-corrected chi connectivity index (χ2v) is 7.87. The number of hydrogen-bond acceptors (Lipinski definition) is 6. The Labute approximate surface area is 200 Å². The first-order valence-corrected chi connectivity index (χ1v) is 11.1. The summed E-state index contributed by atoms with van der Waals surface area (Å²) in [6.07, 6.45) is 3.40. The molecule has 3 aromatic rings. The second kappa shape index (κ2) is 11.9. The summed E-state index contributed by atoms with van der Waals surface area (Å²) in [5, 5.41) is 0. The van der Waals surface area contributed by atoms with Crippen molar-refractivity contribution in [2.45, 2.75) is 25.7 Å². The summed E-state index contributed by atoms with van der Waals surface area (Å²) >= 11 is 0. The molecular weight excluding hydrogens is 432 g/mol. The first-order valence-electron chi connectivity index (χ1n) is 11.1. The number of methoxy groups -OCH3 is 4. The van der Waals surface area contributed by atoms with E-state index < -0.39 is 11.9 Å². The van der Waals surface area contributed by atoms with Gasteiger partial charge < -0.3 is 18.9 Å². The zero-order valence-corrected chi connectivity index (χ0v) is 20.1. The van der Waals surface area contributed by atoms with E-state index in [1.807, 2.05) is 24.3 Å². The smallest absolute Gasteiger partial charge is 0.341 e. The van der Waals surface area contributed by atoms with Crippen molar-refractivity contribution in [1.29, 1.82) is 0 Å². The molecule has 0 saturated heterocycles. The maximum atomic E-state index is 11.9. The minimum Gasteiger partial charge on any atom is -0.496 e. The van der Waals surface area contributed by atoms with Crippen molar-refractivity contribution >= 4 is 11.9 Å². The van der Waals surface area contributed by atoms with Gasteiger partial charge in [-0.3, -0.25) is 0 Å². The van der Waals surface area contributed by atoms with E-state index in [0.717, 1.165) is 36.8 Å². The van der Waals surface area contributed by atoms with Gasteiger partial charge in [-0.15, -0.1) is 0 Å². The Bertz CT molecular complexity index is 1060. The van der Waals surface area contributed by atoms with Gasteiger partial charge in [0.25, 0.3) is 0 Å². The molecule has 0 aliphatic heterocycles. The van der Waals surface area contributed by atoms with Crippen LogP contribution in [0.25, 0.3) is 0 Å². The number of carbonyl (C=O) groups excluding carboxylic acids is 2. The molecule has 0 atom stereocenters. The lowest BCUT2D eigenvalue weighted by atomic mass is 9.98. The highest BCUT2D eigenvalue weighted by Gasteiger charge is 2.14. The van der Waals surface area contributed by atoms with Crippen LogP contribution in [-0.4, -0.2) is 40.4 Å². The predicted octanol–water partition coefficient (Wildman–Crippen LogP) is 4.85. The van der Waals surface area contributed by atoms with Gasteiger partial charge in [0.2, 0.25) is 0 Å². The molecule has 3 aromatic carbocycles. The third-order valence-corrected chi connectivity index (χ3v) is 5.74. The van der Waals surface area contributed by atoms with E-state index in [4.69, 9.17) is 18.9 Å². The van der Waals surface area contributed by atoms with Gasteiger partial charge in [-0.05, 0) is 72.2 Å². The molecule has 6 heteroatoms. The van der Waals surface area contributed by atoms with Gasteiger partial charge in [0.15, 0.2) is 0 Å². The first kappa shape index (κ1) is 24.8. The zero-order chi connectivity index (χ0) is 24.5. The first-order chi connectivity index (χ1) is 16.5. The fraction of sp³-hybridized carbons (Fsp3) is 0.286. The van der Waals surface area contributed by atoms with Crippen LogP contribution in [0.2, 0.25) is 0 Å². The lowest BCUT2D eigenvalue weighted by molar-refractivity contribution is 0.0588. The van der Waals surface area contributed by atoms with Crippen LogP contribution in [0.3, 0.4) is 0 Å². The summed E-state index contributed by atoms with van der Waals surface area (Å²) in [4.78, 5) is 23.7. The van der Waals surface area contributed by atoms with Crippen molar-refractivity contribution in [3.63, 3.8) is 0 Å². The van der Waals surface area contributed by atoms with Gasteiger partial charge in [0.05, 0.1) is 28.4 Å². The van der Waals surface area contributed by atoms with Crippen LogP contribution in [-0.2, 0) is 35.2 Å². The van der Waals surface area contributed by atoms with Gasteiger partial charge in [0.1, 0.15) is 22.6 Å². The predicted molar refractivity (Wildman–Crippen MR) is 130 cm³/mol. The van der Waals surface area contributed by atoms with E-state index in [0.29, 0.717) is 22.6 Å². The molecule has 0 aromatic heterocycles. The maximum Gasteiger partial charge on any atom is 0.341 e. The van der Waals surface area contributed by atoms with Crippen LogP contribution in [0.1, 0.15) is 43.0 Å². The lowest BCUT2D eigenvalue weighted by Gasteiger charge is -2.11. The molecule has 0 aliphatic rings. The quantitative estimate of drug-likeness (QED) is 0.401. The summed E-state index contributed by atoms with van der Waals surface area (Å²) in [6.45, 7) is 0. The Kier molecular flexibility index (Phi) is 8.68. The van der Waals surface area contributed by atoms with Gasteiger partial charge in [0, 0.05) is 0 Å². The Balaban J connectivity index is 1.63. The van der Waals surface area contributed by atoms with Crippen LogP contribution >= 0.6 is 0 Å². The third kappa shape index (κ3) is 6.16. The number of hydrogen-bond donors (Lipinski definition) is 0. The molecule has 0 aliphatic carbocycles. The molecule has 0 bridgehead atoms. The van der Waals surface area contributed by atoms with Crippen molar-refractivity contribution in [3.05, 3.63) is 94.0 Å². The standard InChI is InChI=1S/C28H30O6/c1-31-25-17-21(12-14-23(25)27(29)33-3)10-8-19-6-5-7-20(16-19)9-11-22-13-15-24(28(30)34-4)26(18-22)32-2/h5-7,12-18H,8-11H2,1-4H3. The number of carbonyl (C=O) groups is 2. The third-order valence-electron chi connectivity index (χ3n) is 5.74. The number of benzene rings is 3. The fourth-order valence-electron chi connectivity index (χ4n) is 3.86. The molecule has 0 heterocycles. The normalized spacial score (nSPS) is 10.5. The summed E-state index contributed by atoms with van der Waals surface area (Å²) in [7, 11) is 5.81. The molecule has 0 fully saturated rings. The Morgan fingerprint density at radius 2 is 0.941 bits per heavy atom. The van der Waals surface area contributed by atoms with E-state index in [2.05, 4.69) is 24.3 Å². The molecular formula is C28H30O6. The topological polar surface area (TPSA) is 71.1 Å². The van der Waals surface area contributed by atoms with E-state index in [9.17, 15) is 9.59 Å². The average Bonchev–Trinajstić information content (AvgIpc) is 2.89. The number of esters is 2. The molecule has 0 saturated carbocycles. The summed E-state index contributed by atoms with van der Waals surface area (Å²) in [5.41, 5.74) is 5.51. The van der Waals surface area contributed by atoms with Crippen molar-refractivity contribution in [2.24, 2.45) is 0 Å². The highest BCUT2D eigenvalue weighted by Crippen LogP contribution is 2.24. The monoisotopic (exact) mass is 462 g/mol. The van der Waals surface area contributed by atoms with Crippen molar-refractivity contribution in [2.75, 3.05) is 28.4 Å². The molecule has 34 heavy (non-hydrogen) atoms. The molecule has 0 amide bonds. The average molecular weight is 463 g/mol. The van der Waals surface area contributed by atoms with E-state index in [-0.39, 0.29) is 0 Å². The van der Waals surface area contributed by atoms with Crippen molar-refractivity contribution < 1.29 is 28.5 Å². The summed E-state index contributed by atoms with van der Waals surface area (Å²) in [5.74, 6) is 0.223. The Hall–Kier alpha value is -3.80. The molecule has 0 radical (unpaired) electrons. The largest absolute Gasteiger partial charge is 0.496 e. The molecule has 3 rings (SSSR count). The van der Waals surface area contributed by atoms with Crippen LogP contribution < -0.4 is 9.47 Å². The molecule has 0 N–H and O–H groups in total. The minimum absolute atomic E-state index is 0.409. The highest BCUT2D eigenvalue weighted by atomic mass is 16.5. The van der Waals surface area contributed by atoms with Gasteiger partial charge in [-0.2, -0.15) is 0 Å². The molecule has 178 valence electrons. The Morgan fingerprint density at radius 3 is 1.29 bits per heavy atom. The molecule has 6 nitrogen and oxygen atoms in total. The number of ether oxygens (including phenoxy) is 4. The van der Waals surface area contributed by atoms with Gasteiger partial charge >= 0.3 is 11.9 Å². The second-order valence-electron chi connectivity index (χ2n) is 7.87. The van der Waals surface area contributed by atoms with Crippen LogP contribution in [0, 0.1) is 0 Å². The SMILES string of the molecule is COC(=O)c1ccc(CCc2cccc(CCc3ccc(C(=O)OC)c(OC)c3)c2)cc1OC. The van der Waals surface area contributed by atoms with E-state index in [1.54, 1.807) is 26.4 Å². The molecule has 0 unspecified atom stereocenters. The van der Waals surface area contributed by atoms with E-state index >= 15 is 0 Å². The zero-order valence-electron chi connectivity index (χ0n) is 20.1. The highest BCUT2D eigenvalue weighted by molar-refractivity contribution is 5.93. The van der Waals surface area contributed by atoms with Crippen molar-refractivity contribution in [3.8, 4) is 11.5 Å². The van der Waals surface area contributed by atoms with Crippen LogP contribution in [0.4, 0.5) is 0 Å².